The maximum atomic E-state index is 5.99. The molecule has 0 unspecified atom stereocenters. The Bertz CT molecular complexity index is 725. The van der Waals surface area contributed by atoms with Gasteiger partial charge in [-0.2, -0.15) is 0 Å². The number of hydrogen-bond acceptors (Lipinski definition) is 4. The molecule has 112 valence electrons. The maximum absolute atomic E-state index is 5.99. The molecule has 0 saturated carbocycles. The van der Waals surface area contributed by atoms with E-state index in [0.717, 1.165) is 16.4 Å². The molecule has 0 saturated heterocycles. The highest BCUT2D eigenvalue weighted by Crippen LogP contribution is 2.21. The van der Waals surface area contributed by atoms with Gasteiger partial charge in [-0.1, -0.05) is 48.0 Å². The van der Waals surface area contributed by atoms with Crippen LogP contribution in [0.5, 0.6) is 5.75 Å². The Hall–Kier alpha value is -2.33. The minimum Gasteiger partial charge on any atom is -0.489 e. The Morgan fingerprint density at radius 3 is 2.86 bits per heavy atom. The monoisotopic (exact) mass is 310 g/mol. The maximum Gasteiger partial charge on any atom is 0.182 e. The molecular weight excluding hydrogens is 292 g/mol. The second-order valence-electron chi connectivity index (χ2n) is 5.08. The molecule has 0 radical (unpaired) electrons. The highest BCUT2D eigenvalue weighted by atomic mass is 32.1. The lowest BCUT2D eigenvalue weighted by Gasteiger charge is -2.12. The molecule has 0 aliphatic carbocycles. The van der Waals surface area contributed by atoms with Crippen LogP contribution in [0.2, 0.25) is 0 Å². The second-order valence-corrected chi connectivity index (χ2v) is 5.97. The quantitative estimate of drug-likeness (QED) is 0.720. The van der Waals surface area contributed by atoms with Gasteiger partial charge in [-0.25, -0.2) is 4.98 Å². The summed E-state index contributed by atoms with van der Waals surface area (Å²) in [6.45, 7) is 3.38. The summed E-state index contributed by atoms with van der Waals surface area (Å²) < 4.78 is 5.99. The summed E-state index contributed by atoms with van der Waals surface area (Å²) >= 11 is 1.60. The number of ether oxygens (including phenoxy) is 1. The van der Waals surface area contributed by atoms with Gasteiger partial charge in [-0.3, -0.25) is 0 Å². The molecule has 2 aromatic carbocycles. The van der Waals surface area contributed by atoms with Crippen molar-refractivity contribution in [3.05, 3.63) is 76.8 Å². The van der Waals surface area contributed by atoms with Crippen molar-refractivity contribution in [2.24, 2.45) is 0 Å². The van der Waals surface area contributed by atoms with E-state index >= 15 is 0 Å². The van der Waals surface area contributed by atoms with Crippen molar-refractivity contribution < 1.29 is 4.74 Å². The number of nitrogens with one attached hydrogen (secondary N) is 1. The Kier molecular flexibility index (Phi) is 4.71. The van der Waals surface area contributed by atoms with Crippen LogP contribution in [0.3, 0.4) is 0 Å². The van der Waals surface area contributed by atoms with Gasteiger partial charge in [0.05, 0.1) is 0 Å². The average molecular weight is 310 g/mol. The third-order valence-electron chi connectivity index (χ3n) is 3.31. The predicted octanol–water partition coefficient (Wildman–Crippen LogP) is 4.64. The molecule has 1 heterocycles. The molecule has 22 heavy (non-hydrogen) atoms. The first-order valence-electron chi connectivity index (χ1n) is 7.21. The summed E-state index contributed by atoms with van der Waals surface area (Å²) in [4.78, 5) is 4.23. The molecule has 0 aliphatic rings. The first-order valence-corrected chi connectivity index (χ1v) is 8.09. The lowest BCUT2D eigenvalue weighted by molar-refractivity contribution is 0.303. The van der Waals surface area contributed by atoms with Gasteiger partial charge in [-0.15, -0.1) is 11.3 Å². The van der Waals surface area contributed by atoms with Crippen molar-refractivity contribution in [1.29, 1.82) is 0 Å². The Morgan fingerprint density at radius 2 is 2.05 bits per heavy atom. The number of aryl methyl sites for hydroxylation is 1. The first kappa shape index (κ1) is 14.6. The van der Waals surface area contributed by atoms with Gasteiger partial charge >= 0.3 is 0 Å². The van der Waals surface area contributed by atoms with Crippen LogP contribution >= 0.6 is 11.3 Å². The largest absolute Gasteiger partial charge is 0.489 e. The molecule has 4 heteroatoms. The zero-order chi connectivity index (χ0) is 15.2. The molecule has 0 fully saturated rings. The van der Waals surface area contributed by atoms with Crippen LogP contribution in [0, 0.1) is 6.92 Å². The predicted molar refractivity (Wildman–Crippen MR) is 91.4 cm³/mol. The molecule has 0 atom stereocenters. The van der Waals surface area contributed by atoms with Crippen molar-refractivity contribution >= 4 is 16.5 Å². The number of rotatable bonds is 6. The lowest BCUT2D eigenvalue weighted by Crippen LogP contribution is -2.03. The van der Waals surface area contributed by atoms with Crippen LogP contribution in [0.1, 0.15) is 16.7 Å². The van der Waals surface area contributed by atoms with Gasteiger partial charge in [0, 0.05) is 23.7 Å². The topological polar surface area (TPSA) is 34.1 Å². The molecule has 0 spiro atoms. The minimum atomic E-state index is 0.579. The van der Waals surface area contributed by atoms with Crippen LogP contribution < -0.4 is 10.1 Å². The third-order valence-corrected chi connectivity index (χ3v) is 4.04. The van der Waals surface area contributed by atoms with E-state index in [2.05, 4.69) is 47.6 Å². The van der Waals surface area contributed by atoms with Crippen LogP contribution in [-0.4, -0.2) is 4.98 Å². The lowest BCUT2D eigenvalue weighted by atomic mass is 10.1. The van der Waals surface area contributed by atoms with Crippen molar-refractivity contribution in [2.75, 3.05) is 5.32 Å². The molecule has 1 aromatic heterocycles. The highest BCUT2D eigenvalue weighted by molar-refractivity contribution is 7.13. The molecule has 0 bridgehead atoms. The number of thiazole rings is 1. The summed E-state index contributed by atoms with van der Waals surface area (Å²) in [6.07, 6.45) is 1.80. The summed E-state index contributed by atoms with van der Waals surface area (Å²) in [5.41, 5.74) is 3.56. The number of para-hydroxylation sites is 1. The fraction of sp³-hybridized carbons (Fsp3) is 0.167. The van der Waals surface area contributed by atoms with Crippen LogP contribution in [0.4, 0.5) is 5.13 Å². The molecule has 3 aromatic rings. The van der Waals surface area contributed by atoms with Gasteiger partial charge in [0.1, 0.15) is 12.4 Å². The normalized spacial score (nSPS) is 10.4. The van der Waals surface area contributed by atoms with E-state index < -0.39 is 0 Å². The number of hydrogen-bond donors (Lipinski definition) is 1. The van der Waals surface area contributed by atoms with Crippen molar-refractivity contribution in [2.45, 2.75) is 20.1 Å². The molecule has 3 nitrogen and oxygen atoms in total. The number of aromatic nitrogens is 1. The fourth-order valence-corrected chi connectivity index (χ4v) is 2.76. The van der Waals surface area contributed by atoms with Gasteiger partial charge in [0.25, 0.3) is 0 Å². The van der Waals surface area contributed by atoms with E-state index in [9.17, 15) is 0 Å². The van der Waals surface area contributed by atoms with Crippen molar-refractivity contribution in [3.63, 3.8) is 0 Å². The van der Waals surface area contributed by atoms with E-state index in [0.29, 0.717) is 13.2 Å². The highest BCUT2D eigenvalue weighted by Gasteiger charge is 2.04. The van der Waals surface area contributed by atoms with E-state index in [-0.39, 0.29) is 0 Å². The number of nitrogens with zero attached hydrogens (tertiary/aromatic N) is 1. The van der Waals surface area contributed by atoms with Gasteiger partial charge < -0.3 is 10.1 Å². The Morgan fingerprint density at radius 1 is 1.14 bits per heavy atom. The van der Waals surface area contributed by atoms with Crippen LogP contribution in [0.25, 0.3) is 0 Å². The minimum absolute atomic E-state index is 0.579. The van der Waals surface area contributed by atoms with Crippen molar-refractivity contribution in [3.8, 4) is 5.75 Å². The zero-order valence-corrected chi connectivity index (χ0v) is 13.3. The van der Waals surface area contributed by atoms with Crippen LogP contribution in [-0.2, 0) is 13.2 Å². The summed E-state index contributed by atoms with van der Waals surface area (Å²) in [5, 5.41) is 6.20. The van der Waals surface area contributed by atoms with Crippen molar-refractivity contribution in [1.82, 2.24) is 4.98 Å². The zero-order valence-electron chi connectivity index (χ0n) is 12.5. The fourth-order valence-electron chi connectivity index (χ4n) is 2.24. The SMILES string of the molecule is Cc1cccc(COc2ccccc2CNc2nccs2)c1. The average Bonchev–Trinajstić information content (AvgIpc) is 3.05. The van der Waals surface area contributed by atoms with Gasteiger partial charge in [0.2, 0.25) is 0 Å². The van der Waals surface area contributed by atoms with E-state index in [1.54, 1.807) is 17.5 Å². The molecule has 3 rings (SSSR count). The van der Waals surface area contributed by atoms with Gasteiger partial charge in [-0.05, 0) is 18.6 Å². The standard InChI is InChI=1S/C18H18N2OS/c1-14-5-4-6-15(11-14)13-21-17-8-3-2-7-16(17)12-20-18-19-9-10-22-18/h2-11H,12-13H2,1H3,(H,19,20). The Labute approximate surface area is 134 Å². The summed E-state index contributed by atoms with van der Waals surface area (Å²) in [5.74, 6) is 0.910. The molecule has 0 aliphatic heterocycles. The van der Waals surface area contributed by atoms with Crippen LogP contribution in [0.15, 0.2) is 60.1 Å². The smallest absolute Gasteiger partial charge is 0.182 e. The molecule has 1 N–H and O–H groups in total. The van der Waals surface area contributed by atoms with Gasteiger partial charge in [0.15, 0.2) is 5.13 Å². The summed E-state index contributed by atoms with van der Waals surface area (Å²) in [6, 6.07) is 16.5. The third kappa shape index (κ3) is 3.86. The number of anilines is 1. The summed E-state index contributed by atoms with van der Waals surface area (Å²) in [7, 11) is 0. The first-order chi connectivity index (χ1) is 10.8. The van der Waals surface area contributed by atoms with E-state index in [1.165, 1.54) is 11.1 Å². The number of benzene rings is 2. The second kappa shape index (κ2) is 7.09. The Balaban J connectivity index is 1.65. The molecule has 0 amide bonds. The van der Waals surface area contributed by atoms with E-state index in [1.807, 2.05) is 23.6 Å². The van der Waals surface area contributed by atoms with E-state index in [4.69, 9.17) is 4.74 Å². The molecular formula is C18H18N2OS.